The molecule has 1 aliphatic heterocycles. The average Bonchev–Trinajstić information content (AvgIpc) is 3.01. The zero-order valence-electron chi connectivity index (χ0n) is 12.9. The van der Waals surface area contributed by atoms with E-state index in [1.165, 1.54) is 5.56 Å². The molecule has 1 aromatic heterocycles. The largest absolute Gasteiger partial charge is 0.358 e. The second kappa shape index (κ2) is 6.89. The van der Waals surface area contributed by atoms with E-state index in [-0.39, 0.29) is 5.91 Å². The molecule has 6 nitrogen and oxygen atoms in total. The van der Waals surface area contributed by atoms with Crippen molar-refractivity contribution < 1.29 is 4.79 Å². The molecule has 22 heavy (non-hydrogen) atoms. The summed E-state index contributed by atoms with van der Waals surface area (Å²) >= 11 is 0. The number of amides is 1. The van der Waals surface area contributed by atoms with Gasteiger partial charge in [-0.05, 0) is 30.5 Å². The highest BCUT2D eigenvalue weighted by molar-refractivity contribution is 5.77. The van der Waals surface area contributed by atoms with Crippen LogP contribution in [0.15, 0.2) is 24.5 Å². The number of carbonyl (C=O) groups excluding carboxylic acids is 1. The van der Waals surface area contributed by atoms with E-state index in [1.807, 2.05) is 0 Å². The Kier molecular flexibility index (Phi) is 4.70. The SMILES string of the molecule is CNC(=O)CN1CCC(NCc2ccc3nc[nH]c3c2)CC1. The number of likely N-dealkylation sites (N-methyl/N-ethyl adjacent to an activating group) is 1. The van der Waals surface area contributed by atoms with Gasteiger partial charge in [-0.15, -0.1) is 0 Å². The van der Waals surface area contributed by atoms with Crippen LogP contribution in [0.4, 0.5) is 0 Å². The molecule has 0 spiro atoms. The van der Waals surface area contributed by atoms with E-state index in [4.69, 9.17) is 0 Å². The van der Waals surface area contributed by atoms with Gasteiger partial charge in [-0.2, -0.15) is 0 Å². The third kappa shape index (κ3) is 3.64. The summed E-state index contributed by atoms with van der Waals surface area (Å²) in [7, 11) is 1.69. The van der Waals surface area contributed by atoms with Gasteiger partial charge in [0.05, 0.1) is 23.9 Å². The highest BCUT2D eigenvalue weighted by atomic mass is 16.1. The topological polar surface area (TPSA) is 73.1 Å². The van der Waals surface area contributed by atoms with E-state index in [2.05, 4.69) is 43.7 Å². The number of nitrogens with zero attached hydrogens (tertiary/aromatic N) is 2. The molecule has 118 valence electrons. The lowest BCUT2D eigenvalue weighted by Gasteiger charge is -2.31. The van der Waals surface area contributed by atoms with Crippen molar-refractivity contribution in [1.29, 1.82) is 0 Å². The van der Waals surface area contributed by atoms with Crippen molar-refractivity contribution in [3.8, 4) is 0 Å². The highest BCUT2D eigenvalue weighted by Gasteiger charge is 2.20. The minimum absolute atomic E-state index is 0.0965. The van der Waals surface area contributed by atoms with Crippen molar-refractivity contribution in [2.45, 2.75) is 25.4 Å². The van der Waals surface area contributed by atoms with Gasteiger partial charge in [0.1, 0.15) is 0 Å². The van der Waals surface area contributed by atoms with Crippen LogP contribution in [-0.2, 0) is 11.3 Å². The Morgan fingerprint density at radius 1 is 1.41 bits per heavy atom. The predicted molar refractivity (Wildman–Crippen MR) is 86.5 cm³/mol. The molecule has 0 unspecified atom stereocenters. The molecule has 1 aliphatic rings. The molecule has 2 aromatic rings. The number of imidazole rings is 1. The Morgan fingerprint density at radius 2 is 2.23 bits per heavy atom. The standard InChI is InChI=1S/C16H23N5O/c1-17-16(22)10-21-6-4-13(5-7-21)18-9-12-2-3-14-15(8-12)20-11-19-14/h2-3,8,11,13,18H,4-7,9-10H2,1H3,(H,17,22)(H,19,20). The summed E-state index contributed by atoms with van der Waals surface area (Å²) in [5, 5.41) is 6.30. The van der Waals surface area contributed by atoms with Gasteiger partial charge in [0.15, 0.2) is 0 Å². The Bertz CT molecular complexity index is 630. The average molecular weight is 301 g/mol. The van der Waals surface area contributed by atoms with Crippen molar-refractivity contribution in [1.82, 2.24) is 25.5 Å². The third-order valence-corrected chi connectivity index (χ3v) is 4.31. The van der Waals surface area contributed by atoms with Crippen LogP contribution >= 0.6 is 0 Å². The first-order chi connectivity index (χ1) is 10.7. The van der Waals surface area contributed by atoms with Crippen LogP contribution in [0, 0.1) is 0 Å². The molecular weight excluding hydrogens is 278 g/mol. The fourth-order valence-electron chi connectivity index (χ4n) is 2.93. The normalized spacial score (nSPS) is 17.0. The van der Waals surface area contributed by atoms with Gasteiger partial charge in [0.25, 0.3) is 0 Å². The minimum atomic E-state index is 0.0965. The summed E-state index contributed by atoms with van der Waals surface area (Å²) in [6, 6.07) is 6.85. The Morgan fingerprint density at radius 3 is 3.00 bits per heavy atom. The second-order valence-electron chi connectivity index (χ2n) is 5.86. The molecule has 1 saturated heterocycles. The first kappa shape index (κ1) is 15.0. The van der Waals surface area contributed by atoms with Crippen molar-refractivity contribution in [3.05, 3.63) is 30.1 Å². The lowest BCUT2D eigenvalue weighted by atomic mass is 10.0. The summed E-state index contributed by atoms with van der Waals surface area (Å²) < 4.78 is 0. The molecule has 0 saturated carbocycles. The molecule has 1 fully saturated rings. The maximum absolute atomic E-state index is 11.4. The van der Waals surface area contributed by atoms with E-state index in [1.54, 1.807) is 13.4 Å². The van der Waals surface area contributed by atoms with Crippen molar-refractivity contribution in [2.24, 2.45) is 0 Å². The third-order valence-electron chi connectivity index (χ3n) is 4.31. The van der Waals surface area contributed by atoms with Crippen LogP contribution in [0.3, 0.4) is 0 Å². The minimum Gasteiger partial charge on any atom is -0.358 e. The molecule has 0 radical (unpaired) electrons. The van der Waals surface area contributed by atoms with E-state index >= 15 is 0 Å². The number of H-pyrrole nitrogens is 1. The van der Waals surface area contributed by atoms with Crippen LogP contribution in [0.1, 0.15) is 18.4 Å². The number of rotatable bonds is 5. The number of benzene rings is 1. The molecule has 2 heterocycles. The van der Waals surface area contributed by atoms with Crippen molar-refractivity contribution in [2.75, 3.05) is 26.7 Å². The number of carbonyl (C=O) groups is 1. The van der Waals surface area contributed by atoms with Crippen molar-refractivity contribution >= 4 is 16.9 Å². The fraction of sp³-hybridized carbons (Fsp3) is 0.500. The molecule has 1 aromatic carbocycles. The Balaban J connectivity index is 1.45. The van der Waals surface area contributed by atoms with Gasteiger partial charge in [-0.1, -0.05) is 6.07 Å². The van der Waals surface area contributed by atoms with Crippen LogP contribution in [0.5, 0.6) is 0 Å². The van der Waals surface area contributed by atoms with Gasteiger partial charge in [-0.3, -0.25) is 9.69 Å². The molecular formula is C16H23N5O. The number of aromatic nitrogens is 2. The molecule has 3 N–H and O–H groups in total. The van der Waals surface area contributed by atoms with E-state index in [9.17, 15) is 4.79 Å². The first-order valence-corrected chi connectivity index (χ1v) is 7.83. The molecule has 3 rings (SSSR count). The van der Waals surface area contributed by atoms with Crippen LogP contribution < -0.4 is 10.6 Å². The van der Waals surface area contributed by atoms with E-state index in [0.717, 1.165) is 43.5 Å². The lowest BCUT2D eigenvalue weighted by Crippen LogP contribution is -2.45. The summed E-state index contributed by atoms with van der Waals surface area (Å²) in [6.45, 7) is 3.34. The van der Waals surface area contributed by atoms with E-state index in [0.29, 0.717) is 12.6 Å². The number of hydrogen-bond acceptors (Lipinski definition) is 4. The van der Waals surface area contributed by atoms with Crippen LogP contribution in [0.2, 0.25) is 0 Å². The number of hydrogen-bond donors (Lipinski definition) is 3. The summed E-state index contributed by atoms with van der Waals surface area (Å²) in [6.07, 6.45) is 3.90. The number of aromatic amines is 1. The van der Waals surface area contributed by atoms with Gasteiger partial charge in [0.2, 0.25) is 5.91 Å². The summed E-state index contributed by atoms with van der Waals surface area (Å²) in [4.78, 5) is 21.0. The van der Waals surface area contributed by atoms with Gasteiger partial charge in [0, 0.05) is 32.7 Å². The molecule has 1 amide bonds. The zero-order chi connectivity index (χ0) is 15.4. The van der Waals surface area contributed by atoms with Gasteiger partial charge in [-0.25, -0.2) is 4.98 Å². The maximum Gasteiger partial charge on any atom is 0.233 e. The quantitative estimate of drug-likeness (QED) is 0.766. The van der Waals surface area contributed by atoms with Crippen LogP contribution in [0.25, 0.3) is 11.0 Å². The Hall–Kier alpha value is -1.92. The smallest absolute Gasteiger partial charge is 0.233 e. The van der Waals surface area contributed by atoms with Gasteiger partial charge < -0.3 is 15.6 Å². The molecule has 0 atom stereocenters. The van der Waals surface area contributed by atoms with E-state index < -0.39 is 0 Å². The maximum atomic E-state index is 11.4. The second-order valence-corrected chi connectivity index (χ2v) is 5.86. The predicted octanol–water partition coefficient (Wildman–Crippen LogP) is 0.863. The van der Waals surface area contributed by atoms with Gasteiger partial charge >= 0.3 is 0 Å². The highest BCUT2D eigenvalue weighted by Crippen LogP contribution is 2.14. The number of nitrogens with one attached hydrogen (secondary N) is 3. The lowest BCUT2D eigenvalue weighted by molar-refractivity contribution is -0.122. The van der Waals surface area contributed by atoms with Crippen LogP contribution in [-0.4, -0.2) is 53.5 Å². The number of likely N-dealkylation sites (tertiary alicyclic amines) is 1. The Labute approximate surface area is 130 Å². The fourth-order valence-corrected chi connectivity index (χ4v) is 2.93. The number of piperidine rings is 1. The van der Waals surface area contributed by atoms with Crippen molar-refractivity contribution in [3.63, 3.8) is 0 Å². The monoisotopic (exact) mass is 301 g/mol. The molecule has 6 heteroatoms. The first-order valence-electron chi connectivity index (χ1n) is 7.83. The molecule has 0 bridgehead atoms. The zero-order valence-corrected chi connectivity index (χ0v) is 12.9. The number of fused-ring (bicyclic) bond motifs is 1. The summed E-state index contributed by atoms with van der Waals surface area (Å²) in [5.41, 5.74) is 3.36. The summed E-state index contributed by atoms with van der Waals surface area (Å²) in [5.74, 6) is 0.0965. The molecule has 0 aliphatic carbocycles.